The fourth-order valence-corrected chi connectivity index (χ4v) is 3.12. The Hall–Kier alpha value is 0.160. The molecule has 0 aliphatic heterocycles. The number of hydrogen-bond donors (Lipinski definition) is 0. The predicted octanol–water partition coefficient (Wildman–Crippen LogP) is 1.14. The first-order valence-electron chi connectivity index (χ1n) is 4.41. The Balaban J connectivity index is 2.59. The molecule has 14 heavy (non-hydrogen) atoms. The summed E-state index contributed by atoms with van der Waals surface area (Å²) in [4.78, 5) is 0. The van der Waals surface area contributed by atoms with Gasteiger partial charge in [-0.1, -0.05) is 0 Å². The van der Waals surface area contributed by atoms with Gasteiger partial charge in [-0.15, -0.1) is 0 Å². The van der Waals surface area contributed by atoms with Gasteiger partial charge in [0.2, 0.25) is 9.05 Å². The van der Waals surface area contributed by atoms with E-state index in [0.29, 0.717) is 25.9 Å². The van der Waals surface area contributed by atoms with Gasteiger partial charge in [0.05, 0.1) is 17.5 Å². The zero-order valence-electron chi connectivity index (χ0n) is 8.32. The van der Waals surface area contributed by atoms with Gasteiger partial charge in [-0.2, -0.15) is 0 Å². The summed E-state index contributed by atoms with van der Waals surface area (Å²) in [5.41, 5.74) is 0. The molecule has 0 amide bonds. The van der Waals surface area contributed by atoms with Crippen LogP contribution in [0.4, 0.5) is 0 Å². The molecule has 84 valence electrons. The molecule has 0 saturated heterocycles. The lowest BCUT2D eigenvalue weighted by Crippen LogP contribution is -2.29. The van der Waals surface area contributed by atoms with E-state index in [1.807, 2.05) is 0 Å². The molecule has 1 rings (SSSR count). The van der Waals surface area contributed by atoms with E-state index in [-0.39, 0.29) is 6.10 Å². The van der Waals surface area contributed by atoms with Crippen LogP contribution in [0, 0.1) is 0 Å². The minimum absolute atomic E-state index is 0.198. The predicted molar refractivity (Wildman–Crippen MR) is 54.0 cm³/mol. The van der Waals surface area contributed by atoms with E-state index in [1.54, 1.807) is 14.2 Å². The van der Waals surface area contributed by atoms with Crippen LogP contribution in [0.25, 0.3) is 0 Å². The molecule has 0 aromatic rings. The molecule has 4 nitrogen and oxygen atoms in total. The van der Waals surface area contributed by atoms with E-state index in [4.69, 9.17) is 20.2 Å². The van der Waals surface area contributed by atoms with Gasteiger partial charge in [-0.25, -0.2) is 8.42 Å². The number of ether oxygens (including phenoxy) is 2. The van der Waals surface area contributed by atoms with Crippen molar-refractivity contribution in [3.63, 3.8) is 0 Å². The molecule has 6 heteroatoms. The minimum Gasteiger partial charge on any atom is -0.382 e. The van der Waals surface area contributed by atoms with Gasteiger partial charge in [0.15, 0.2) is 0 Å². The zero-order chi connectivity index (χ0) is 10.8. The van der Waals surface area contributed by atoms with Crippen LogP contribution in [-0.2, 0) is 18.5 Å². The van der Waals surface area contributed by atoms with Crippen LogP contribution in [0.15, 0.2) is 0 Å². The lowest BCUT2D eigenvalue weighted by atomic mass is 10.2. The first-order chi connectivity index (χ1) is 6.45. The second kappa shape index (κ2) is 4.35. The van der Waals surface area contributed by atoms with Gasteiger partial charge in [-0.05, 0) is 19.3 Å². The van der Waals surface area contributed by atoms with Crippen LogP contribution < -0.4 is 0 Å². The van der Waals surface area contributed by atoms with Crippen molar-refractivity contribution < 1.29 is 17.9 Å². The van der Waals surface area contributed by atoms with Crippen molar-refractivity contribution in [1.29, 1.82) is 0 Å². The highest BCUT2D eigenvalue weighted by molar-refractivity contribution is 8.15. The molecule has 1 saturated carbocycles. The first kappa shape index (κ1) is 12.2. The molecule has 1 aliphatic carbocycles. The highest BCUT2D eigenvalue weighted by atomic mass is 35.7. The average Bonchev–Trinajstić information content (AvgIpc) is 2.83. The average molecular weight is 243 g/mol. The summed E-state index contributed by atoms with van der Waals surface area (Å²) < 4.78 is 31.8. The Morgan fingerprint density at radius 2 is 2.00 bits per heavy atom. The van der Waals surface area contributed by atoms with Crippen LogP contribution in [0.3, 0.4) is 0 Å². The van der Waals surface area contributed by atoms with Gasteiger partial charge >= 0.3 is 0 Å². The van der Waals surface area contributed by atoms with Gasteiger partial charge in [0.25, 0.3) is 0 Å². The van der Waals surface area contributed by atoms with Crippen LogP contribution in [0.2, 0.25) is 0 Å². The van der Waals surface area contributed by atoms with Crippen LogP contribution >= 0.6 is 10.7 Å². The third-order valence-electron chi connectivity index (χ3n) is 2.61. The van der Waals surface area contributed by atoms with Crippen LogP contribution in [0.5, 0.6) is 0 Å². The molecule has 0 radical (unpaired) electrons. The standard InChI is InChI=1S/C8H15ClO4S/c1-12-6-7(13-2)5-8(3-4-8)14(9,10)11/h7H,3-6H2,1-2H3. The van der Waals surface area contributed by atoms with Crippen LogP contribution in [0.1, 0.15) is 19.3 Å². The molecular formula is C8H15ClO4S. The summed E-state index contributed by atoms with van der Waals surface area (Å²) in [6.45, 7) is 0.394. The maximum Gasteiger partial charge on any atom is 0.238 e. The largest absolute Gasteiger partial charge is 0.382 e. The molecular weight excluding hydrogens is 228 g/mol. The van der Waals surface area contributed by atoms with Crippen molar-refractivity contribution in [2.75, 3.05) is 20.8 Å². The van der Waals surface area contributed by atoms with Crippen molar-refractivity contribution in [2.45, 2.75) is 30.1 Å². The molecule has 1 unspecified atom stereocenters. The summed E-state index contributed by atoms with van der Waals surface area (Å²) >= 11 is 0. The molecule has 0 aromatic carbocycles. The van der Waals surface area contributed by atoms with Gasteiger partial charge in [0, 0.05) is 24.9 Å². The highest BCUT2D eigenvalue weighted by Crippen LogP contribution is 2.49. The number of methoxy groups -OCH3 is 2. The second-order valence-corrected chi connectivity index (χ2v) is 6.60. The van der Waals surface area contributed by atoms with E-state index >= 15 is 0 Å². The van der Waals surface area contributed by atoms with Crippen molar-refractivity contribution in [3.8, 4) is 0 Å². The van der Waals surface area contributed by atoms with Crippen LogP contribution in [-0.4, -0.2) is 40.1 Å². The quantitative estimate of drug-likeness (QED) is 0.656. The van der Waals surface area contributed by atoms with Crippen molar-refractivity contribution in [2.24, 2.45) is 0 Å². The summed E-state index contributed by atoms with van der Waals surface area (Å²) in [6.07, 6.45) is 1.48. The fraction of sp³-hybridized carbons (Fsp3) is 1.00. The third kappa shape index (κ3) is 2.59. The van der Waals surface area contributed by atoms with Gasteiger partial charge < -0.3 is 9.47 Å². The molecule has 0 aromatic heterocycles. The third-order valence-corrected chi connectivity index (χ3v) is 5.20. The summed E-state index contributed by atoms with van der Waals surface area (Å²) in [6, 6.07) is 0. The number of halogens is 1. The van der Waals surface area contributed by atoms with E-state index < -0.39 is 13.8 Å². The normalized spacial score (nSPS) is 21.9. The minimum atomic E-state index is -3.48. The van der Waals surface area contributed by atoms with E-state index in [2.05, 4.69) is 0 Å². The lowest BCUT2D eigenvalue weighted by molar-refractivity contribution is 0.0219. The molecule has 0 heterocycles. The molecule has 1 atom stereocenters. The van der Waals surface area contributed by atoms with Crippen molar-refractivity contribution >= 4 is 19.7 Å². The molecule has 0 spiro atoms. The lowest BCUT2D eigenvalue weighted by Gasteiger charge is -2.19. The monoisotopic (exact) mass is 242 g/mol. The van der Waals surface area contributed by atoms with Gasteiger partial charge in [0.1, 0.15) is 0 Å². The molecule has 1 fully saturated rings. The fourth-order valence-electron chi connectivity index (χ4n) is 1.50. The van der Waals surface area contributed by atoms with Crippen molar-refractivity contribution in [1.82, 2.24) is 0 Å². The smallest absolute Gasteiger partial charge is 0.238 e. The van der Waals surface area contributed by atoms with E-state index in [0.717, 1.165) is 0 Å². The summed E-state index contributed by atoms with van der Waals surface area (Å²) in [5.74, 6) is 0. The Kier molecular flexibility index (Phi) is 3.80. The highest BCUT2D eigenvalue weighted by Gasteiger charge is 2.54. The second-order valence-electron chi connectivity index (χ2n) is 3.64. The summed E-state index contributed by atoms with van der Waals surface area (Å²) in [7, 11) is 4.98. The molecule has 1 aliphatic rings. The van der Waals surface area contributed by atoms with Gasteiger partial charge in [-0.3, -0.25) is 0 Å². The SMILES string of the molecule is COCC(CC1(S(=O)(=O)Cl)CC1)OC. The Bertz CT molecular complexity index is 284. The molecule has 0 N–H and O–H groups in total. The maximum atomic E-state index is 11.2. The van der Waals surface area contributed by atoms with E-state index in [1.165, 1.54) is 0 Å². The Morgan fingerprint density at radius 3 is 2.29 bits per heavy atom. The Morgan fingerprint density at radius 1 is 1.43 bits per heavy atom. The van der Waals surface area contributed by atoms with Crippen molar-refractivity contribution in [3.05, 3.63) is 0 Å². The zero-order valence-corrected chi connectivity index (χ0v) is 9.90. The number of hydrogen-bond acceptors (Lipinski definition) is 4. The topological polar surface area (TPSA) is 52.6 Å². The number of rotatable bonds is 6. The maximum absolute atomic E-state index is 11.2. The summed E-state index contributed by atoms with van der Waals surface area (Å²) in [5, 5.41) is 0. The Labute approximate surface area is 88.9 Å². The first-order valence-corrected chi connectivity index (χ1v) is 6.72. The van der Waals surface area contributed by atoms with E-state index in [9.17, 15) is 8.42 Å². The molecule has 0 bridgehead atoms.